The summed E-state index contributed by atoms with van der Waals surface area (Å²) in [5.74, 6) is 1.97. The number of allylic oxidation sites excluding steroid dienone is 1. The maximum absolute atomic E-state index is 12.1. The number of hydrogen-bond donors (Lipinski definition) is 0. The van der Waals surface area contributed by atoms with E-state index in [0.29, 0.717) is 23.4 Å². The molecule has 102 valence electrons. The van der Waals surface area contributed by atoms with Crippen LogP contribution in [0.3, 0.4) is 0 Å². The van der Waals surface area contributed by atoms with Gasteiger partial charge in [-0.2, -0.15) is 11.8 Å². The van der Waals surface area contributed by atoms with E-state index in [1.165, 1.54) is 5.56 Å². The fourth-order valence-electron chi connectivity index (χ4n) is 2.57. The van der Waals surface area contributed by atoms with Crippen molar-refractivity contribution < 1.29 is 4.79 Å². The first-order chi connectivity index (χ1) is 9.08. The molecule has 1 fully saturated rings. The van der Waals surface area contributed by atoms with Gasteiger partial charge in [0.2, 0.25) is 0 Å². The molecule has 19 heavy (non-hydrogen) atoms. The molecule has 0 bridgehead atoms. The maximum atomic E-state index is 12.1. The summed E-state index contributed by atoms with van der Waals surface area (Å²) in [5.41, 5.74) is 2.50. The molecule has 0 saturated heterocycles. The minimum atomic E-state index is 0.185. The van der Waals surface area contributed by atoms with Crippen molar-refractivity contribution in [1.29, 1.82) is 0 Å². The van der Waals surface area contributed by atoms with Gasteiger partial charge in [-0.3, -0.25) is 4.79 Å². The minimum absolute atomic E-state index is 0.185. The molecule has 1 saturated carbocycles. The Morgan fingerprint density at radius 2 is 2.05 bits per heavy atom. The number of hydrogen-bond acceptors (Lipinski definition) is 2. The molecule has 0 radical (unpaired) electrons. The Kier molecular flexibility index (Phi) is 4.87. The molecule has 0 amide bonds. The molecule has 1 aliphatic carbocycles. The second-order valence-corrected chi connectivity index (χ2v) is 6.80. The molecule has 0 spiro atoms. The fraction of sp³-hybridized carbons (Fsp3) is 0.471. The number of Topliss-reactive ketones (excluding diaryl/α,β-unsaturated/α-hetero) is 1. The van der Waals surface area contributed by atoms with Crippen molar-refractivity contribution in [2.24, 2.45) is 11.8 Å². The first-order valence-electron chi connectivity index (χ1n) is 6.91. The van der Waals surface area contributed by atoms with Gasteiger partial charge in [-0.25, -0.2) is 0 Å². The van der Waals surface area contributed by atoms with Gasteiger partial charge in [0.15, 0.2) is 0 Å². The number of benzene rings is 1. The van der Waals surface area contributed by atoms with Crippen molar-refractivity contribution in [1.82, 2.24) is 0 Å². The zero-order valence-electron chi connectivity index (χ0n) is 11.8. The zero-order chi connectivity index (χ0) is 13.8. The smallest absolute Gasteiger partial charge is 0.137 e. The third-order valence-corrected chi connectivity index (χ3v) is 5.56. The average Bonchev–Trinajstić information content (AvgIpc) is 2.41. The molecule has 1 aliphatic rings. The topological polar surface area (TPSA) is 17.1 Å². The lowest BCUT2D eigenvalue weighted by Gasteiger charge is -2.33. The lowest BCUT2D eigenvalue weighted by atomic mass is 9.79. The van der Waals surface area contributed by atoms with Crippen LogP contribution in [0.4, 0.5) is 0 Å². The van der Waals surface area contributed by atoms with E-state index in [4.69, 9.17) is 0 Å². The third kappa shape index (κ3) is 3.73. The van der Waals surface area contributed by atoms with Crippen molar-refractivity contribution in [3.05, 3.63) is 48.0 Å². The summed E-state index contributed by atoms with van der Waals surface area (Å²) >= 11 is 1.92. The lowest BCUT2D eigenvalue weighted by molar-refractivity contribution is -0.124. The van der Waals surface area contributed by atoms with E-state index in [1.54, 1.807) is 0 Å². The molecule has 0 aliphatic heterocycles. The Morgan fingerprint density at radius 1 is 1.37 bits per heavy atom. The standard InChI is InChI=1S/C17H22OS/c1-12(2)15-9-16(18)13(3)17(10-15)19-11-14-7-5-4-6-8-14/h4-8,13,15,17H,1,9-11H2,2-3H3/t13-,15-,17-/m0/s1. The molecule has 1 aromatic carbocycles. The van der Waals surface area contributed by atoms with Crippen LogP contribution in [0.1, 0.15) is 32.3 Å². The zero-order valence-corrected chi connectivity index (χ0v) is 12.6. The Bertz CT molecular complexity index is 452. The Balaban J connectivity index is 1.97. The van der Waals surface area contributed by atoms with Crippen LogP contribution in [0.15, 0.2) is 42.5 Å². The normalized spacial score (nSPS) is 27.3. The first-order valence-corrected chi connectivity index (χ1v) is 7.96. The second-order valence-electron chi connectivity index (χ2n) is 5.57. The Morgan fingerprint density at radius 3 is 2.68 bits per heavy atom. The van der Waals surface area contributed by atoms with E-state index >= 15 is 0 Å². The predicted molar refractivity (Wildman–Crippen MR) is 83.2 cm³/mol. The van der Waals surface area contributed by atoms with Gasteiger partial charge in [-0.05, 0) is 24.8 Å². The van der Waals surface area contributed by atoms with Crippen LogP contribution in [-0.2, 0) is 10.5 Å². The van der Waals surface area contributed by atoms with E-state index in [1.807, 2.05) is 24.8 Å². The van der Waals surface area contributed by atoms with Crippen molar-refractivity contribution in [3.8, 4) is 0 Å². The monoisotopic (exact) mass is 274 g/mol. The molecule has 3 atom stereocenters. The van der Waals surface area contributed by atoms with Crippen LogP contribution in [0, 0.1) is 11.8 Å². The number of carbonyl (C=O) groups excluding carboxylic acids is 1. The molecule has 1 nitrogen and oxygen atoms in total. The van der Waals surface area contributed by atoms with Gasteiger partial charge in [0.25, 0.3) is 0 Å². The minimum Gasteiger partial charge on any atom is -0.299 e. The first kappa shape index (κ1) is 14.4. The van der Waals surface area contributed by atoms with Gasteiger partial charge >= 0.3 is 0 Å². The molecule has 1 aromatic rings. The van der Waals surface area contributed by atoms with Gasteiger partial charge in [0.1, 0.15) is 5.78 Å². The van der Waals surface area contributed by atoms with E-state index in [-0.39, 0.29) is 5.92 Å². The number of rotatable bonds is 4. The van der Waals surface area contributed by atoms with Crippen molar-refractivity contribution in [2.45, 2.75) is 37.7 Å². The van der Waals surface area contributed by atoms with Crippen LogP contribution >= 0.6 is 11.8 Å². The molecule has 2 heteroatoms. The Labute approximate surface area is 120 Å². The highest BCUT2D eigenvalue weighted by atomic mass is 32.2. The lowest BCUT2D eigenvalue weighted by Crippen LogP contribution is -2.33. The van der Waals surface area contributed by atoms with Crippen LogP contribution in [0.25, 0.3) is 0 Å². The highest BCUT2D eigenvalue weighted by Crippen LogP contribution is 2.38. The number of ketones is 1. The van der Waals surface area contributed by atoms with Crippen molar-refractivity contribution in [3.63, 3.8) is 0 Å². The summed E-state index contributed by atoms with van der Waals surface area (Å²) in [6.45, 7) is 8.16. The van der Waals surface area contributed by atoms with Crippen LogP contribution in [-0.4, -0.2) is 11.0 Å². The fourth-order valence-corrected chi connectivity index (χ4v) is 3.98. The van der Waals surface area contributed by atoms with Crippen molar-refractivity contribution >= 4 is 17.5 Å². The van der Waals surface area contributed by atoms with E-state index in [0.717, 1.165) is 17.7 Å². The molecular weight excluding hydrogens is 252 g/mol. The maximum Gasteiger partial charge on any atom is 0.137 e. The van der Waals surface area contributed by atoms with Gasteiger partial charge < -0.3 is 0 Å². The molecule has 0 unspecified atom stereocenters. The van der Waals surface area contributed by atoms with Crippen LogP contribution in [0.5, 0.6) is 0 Å². The summed E-state index contributed by atoms with van der Waals surface area (Å²) in [6, 6.07) is 10.5. The molecule has 0 N–H and O–H groups in total. The van der Waals surface area contributed by atoms with Gasteiger partial charge in [-0.15, -0.1) is 0 Å². The summed E-state index contributed by atoms with van der Waals surface area (Å²) in [7, 11) is 0. The molecular formula is C17H22OS. The van der Waals surface area contributed by atoms with E-state index in [9.17, 15) is 4.79 Å². The number of thioether (sulfide) groups is 1. The van der Waals surface area contributed by atoms with Crippen molar-refractivity contribution in [2.75, 3.05) is 0 Å². The molecule has 0 heterocycles. The summed E-state index contributed by atoms with van der Waals surface area (Å²) < 4.78 is 0. The van der Waals surface area contributed by atoms with E-state index in [2.05, 4.69) is 37.8 Å². The van der Waals surface area contributed by atoms with Crippen LogP contribution < -0.4 is 0 Å². The largest absolute Gasteiger partial charge is 0.299 e. The number of carbonyl (C=O) groups is 1. The molecule has 0 aromatic heterocycles. The SMILES string of the molecule is C=C(C)[C@H]1CC(=O)[C@H](C)[C@@H](SCc2ccccc2)C1. The van der Waals surface area contributed by atoms with Gasteiger partial charge in [0, 0.05) is 23.3 Å². The molecule has 2 rings (SSSR count). The van der Waals surface area contributed by atoms with Crippen LogP contribution in [0.2, 0.25) is 0 Å². The summed E-state index contributed by atoms with van der Waals surface area (Å²) in [6.07, 6.45) is 1.79. The van der Waals surface area contributed by atoms with Gasteiger partial charge in [-0.1, -0.05) is 49.4 Å². The van der Waals surface area contributed by atoms with Gasteiger partial charge in [0.05, 0.1) is 0 Å². The highest BCUT2D eigenvalue weighted by Gasteiger charge is 2.34. The second kappa shape index (κ2) is 6.42. The average molecular weight is 274 g/mol. The quantitative estimate of drug-likeness (QED) is 0.753. The third-order valence-electron chi connectivity index (χ3n) is 4.03. The summed E-state index contributed by atoms with van der Waals surface area (Å²) in [4.78, 5) is 12.1. The Hall–Kier alpha value is -1.02. The highest BCUT2D eigenvalue weighted by molar-refractivity contribution is 7.99. The summed E-state index contributed by atoms with van der Waals surface area (Å²) in [5, 5.41) is 0.433. The van der Waals surface area contributed by atoms with E-state index < -0.39 is 0 Å². The predicted octanol–water partition coefficient (Wildman–Crippen LogP) is 4.48.